The molecule has 0 atom stereocenters. The van der Waals surface area contributed by atoms with Crippen LogP contribution in [0.4, 0.5) is 0 Å². The molecule has 1 amide bonds. The Morgan fingerprint density at radius 2 is 2.11 bits per heavy atom. The first-order valence-electron chi connectivity index (χ1n) is 8.60. The average Bonchev–Trinajstić information content (AvgIpc) is 3.36. The number of aryl methyl sites for hydroxylation is 1. The van der Waals surface area contributed by atoms with Gasteiger partial charge in [0, 0.05) is 18.5 Å². The van der Waals surface area contributed by atoms with Crippen molar-refractivity contribution < 1.29 is 19.0 Å². The highest BCUT2D eigenvalue weighted by Crippen LogP contribution is 2.34. The minimum absolute atomic E-state index is 0.156. The molecule has 0 unspecified atom stereocenters. The number of ether oxygens (including phenoxy) is 3. The zero-order chi connectivity index (χ0) is 18.6. The maximum absolute atomic E-state index is 12.6. The van der Waals surface area contributed by atoms with E-state index in [9.17, 15) is 4.79 Å². The standard InChI is InChI=1S/C20H19N3O4/c1-14-2-4-17(23-8-6-21-12-23)16(10-14)20(24)22-7-9-25-15-3-5-18-19(11-15)27-13-26-18/h2-6,8,10-12H,7,9,13H2,1H3,(H,22,24). The first kappa shape index (κ1) is 17.0. The Labute approximate surface area is 156 Å². The van der Waals surface area contributed by atoms with E-state index in [0.717, 1.165) is 11.3 Å². The number of fused-ring (bicyclic) bond motifs is 1. The number of rotatable bonds is 6. The molecule has 1 aliphatic heterocycles. The predicted octanol–water partition coefficient (Wildman–Crippen LogP) is 2.72. The van der Waals surface area contributed by atoms with Crippen molar-refractivity contribution in [2.45, 2.75) is 6.92 Å². The predicted molar refractivity (Wildman–Crippen MR) is 98.7 cm³/mol. The van der Waals surface area contributed by atoms with Crippen LogP contribution in [0.2, 0.25) is 0 Å². The summed E-state index contributed by atoms with van der Waals surface area (Å²) in [4.78, 5) is 16.7. The number of nitrogens with one attached hydrogen (secondary N) is 1. The molecule has 1 aliphatic rings. The number of carbonyl (C=O) groups excluding carboxylic acids is 1. The lowest BCUT2D eigenvalue weighted by molar-refractivity contribution is 0.0947. The van der Waals surface area contributed by atoms with Crippen molar-refractivity contribution in [3.63, 3.8) is 0 Å². The molecule has 0 saturated heterocycles. The highest BCUT2D eigenvalue weighted by Gasteiger charge is 2.15. The number of aromatic nitrogens is 2. The molecule has 0 radical (unpaired) electrons. The summed E-state index contributed by atoms with van der Waals surface area (Å²) in [5.41, 5.74) is 2.39. The number of hydrogen-bond acceptors (Lipinski definition) is 5. The number of hydrogen-bond donors (Lipinski definition) is 1. The van der Waals surface area contributed by atoms with Gasteiger partial charge in [0.2, 0.25) is 6.79 Å². The van der Waals surface area contributed by atoms with E-state index in [-0.39, 0.29) is 12.7 Å². The van der Waals surface area contributed by atoms with Gasteiger partial charge in [-0.2, -0.15) is 0 Å². The van der Waals surface area contributed by atoms with E-state index in [1.54, 1.807) is 24.7 Å². The van der Waals surface area contributed by atoms with Crippen molar-refractivity contribution in [3.8, 4) is 22.9 Å². The topological polar surface area (TPSA) is 74.6 Å². The molecule has 138 valence electrons. The molecular formula is C20H19N3O4. The van der Waals surface area contributed by atoms with Crippen LogP contribution in [-0.2, 0) is 0 Å². The summed E-state index contributed by atoms with van der Waals surface area (Å²) >= 11 is 0. The molecule has 1 N–H and O–H groups in total. The second-order valence-corrected chi connectivity index (χ2v) is 6.11. The Morgan fingerprint density at radius 3 is 2.96 bits per heavy atom. The van der Waals surface area contributed by atoms with Crippen LogP contribution in [0.5, 0.6) is 17.2 Å². The molecule has 27 heavy (non-hydrogen) atoms. The zero-order valence-corrected chi connectivity index (χ0v) is 14.8. The molecule has 7 heteroatoms. The highest BCUT2D eigenvalue weighted by molar-refractivity contribution is 5.98. The van der Waals surface area contributed by atoms with Crippen molar-refractivity contribution in [3.05, 3.63) is 66.2 Å². The van der Waals surface area contributed by atoms with Crippen LogP contribution >= 0.6 is 0 Å². The summed E-state index contributed by atoms with van der Waals surface area (Å²) < 4.78 is 18.1. The van der Waals surface area contributed by atoms with Crippen LogP contribution < -0.4 is 19.5 Å². The number of benzene rings is 2. The molecule has 0 saturated carbocycles. The van der Waals surface area contributed by atoms with Crippen LogP contribution in [0.25, 0.3) is 5.69 Å². The van der Waals surface area contributed by atoms with Crippen LogP contribution in [0, 0.1) is 6.92 Å². The Morgan fingerprint density at radius 1 is 1.22 bits per heavy atom. The molecule has 2 heterocycles. The minimum atomic E-state index is -0.156. The lowest BCUT2D eigenvalue weighted by Gasteiger charge is -2.12. The zero-order valence-electron chi connectivity index (χ0n) is 14.8. The van der Waals surface area contributed by atoms with Crippen LogP contribution in [0.15, 0.2) is 55.1 Å². The summed E-state index contributed by atoms with van der Waals surface area (Å²) in [5.74, 6) is 1.89. The normalized spacial score (nSPS) is 12.0. The third kappa shape index (κ3) is 3.72. The van der Waals surface area contributed by atoms with Crippen LogP contribution in [0.3, 0.4) is 0 Å². The summed E-state index contributed by atoms with van der Waals surface area (Å²) in [6.07, 6.45) is 5.16. The maximum Gasteiger partial charge on any atom is 0.253 e. The van der Waals surface area contributed by atoms with Gasteiger partial charge in [-0.05, 0) is 31.2 Å². The van der Waals surface area contributed by atoms with Gasteiger partial charge in [0.25, 0.3) is 5.91 Å². The Kier molecular flexibility index (Phi) is 4.65. The lowest BCUT2D eigenvalue weighted by Crippen LogP contribution is -2.29. The molecule has 3 aromatic rings. The first-order chi connectivity index (χ1) is 13.2. The summed E-state index contributed by atoms with van der Waals surface area (Å²) in [5, 5.41) is 2.90. The second-order valence-electron chi connectivity index (χ2n) is 6.11. The van der Waals surface area contributed by atoms with E-state index < -0.39 is 0 Å². The highest BCUT2D eigenvalue weighted by atomic mass is 16.7. The fourth-order valence-corrected chi connectivity index (χ4v) is 2.85. The Balaban J connectivity index is 1.37. The fraction of sp³-hybridized carbons (Fsp3) is 0.200. The molecular weight excluding hydrogens is 346 g/mol. The molecule has 2 aromatic carbocycles. The average molecular weight is 365 g/mol. The number of nitrogens with zero attached hydrogens (tertiary/aromatic N) is 2. The van der Waals surface area contributed by atoms with Gasteiger partial charge in [-0.1, -0.05) is 11.6 Å². The van der Waals surface area contributed by atoms with E-state index in [1.165, 1.54) is 0 Å². The van der Waals surface area contributed by atoms with E-state index in [2.05, 4.69) is 10.3 Å². The largest absolute Gasteiger partial charge is 0.492 e. The molecule has 0 fully saturated rings. The van der Waals surface area contributed by atoms with Crippen LogP contribution in [0.1, 0.15) is 15.9 Å². The van der Waals surface area contributed by atoms with Crippen molar-refractivity contribution in [1.82, 2.24) is 14.9 Å². The molecule has 1 aromatic heterocycles. The van der Waals surface area contributed by atoms with Crippen molar-refractivity contribution in [1.29, 1.82) is 0 Å². The quantitative estimate of drug-likeness (QED) is 0.680. The van der Waals surface area contributed by atoms with E-state index in [0.29, 0.717) is 36.0 Å². The van der Waals surface area contributed by atoms with Gasteiger partial charge in [0.15, 0.2) is 11.5 Å². The smallest absolute Gasteiger partial charge is 0.253 e. The Hall–Kier alpha value is -3.48. The monoisotopic (exact) mass is 365 g/mol. The van der Waals surface area contributed by atoms with Crippen molar-refractivity contribution in [2.24, 2.45) is 0 Å². The SMILES string of the molecule is Cc1ccc(-n2ccnc2)c(C(=O)NCCOc2ccc3c(c2)OCO3)c1. The van der Waals surface area contributed by atoms with Gasteiger partial charge in [-0.3, -0.25) is 4.79 Å². The van der Waals surface area contributed by atoms with Gasteiger partial charge in [0.05, 0.1) is 24.1 Å². The summed E-state index contributed by atoms with van der Waals surface area (Å²) in [6.45, 7) is 2.91. The molecule has 7 nitrogen and oxygen atoms in total. The third-order valence-corrected chi connectivity index (χ3v) is 4.18. The van der Waals surface area contributed by atoms with E-state index in [1.807, 2.05) is 42.0 Å². The van der Waals surface area contributed by atoms with Gasteiger partial charge in [0.1, 0.15) is 12.4 Å². The van der Waals surface area contributed by atoms with Gasteiger partial charge >= 0.3 is 0 Å². The summed E-state index contributed by atoms with van der Waals surface area (Å²) in [7, 11) is 0. The van der Waals surface area contributed by atoms with Gasteiger partial charge in [-0.25, -0.2) is 4.98 Å². The maximum atomic E-state index is 12.6. The van der Waals surface area contributed by atoms with Crippen molar-refractivity contribution in [2.75, 3.05) is 19.9 Å². The van der Waals surface area contributed by atoms with E-state index >= 15 is 0 Å². The third-order valence-electron chi connectivity index (χ3n) is 4.18. The lowest BCUT2D eigenvalue weighted by atomic mass is 10.1. The Bertz CT molecular complexity index is 954. The number of carbonyl (C=O) groups is 1. The first-order valence-corrected chi connectivity index (χ1v) is 8.60. The molecule has 4 rings (SSSR count). The van der Waals surface area contributed by atoms with Gasteiger partial charge < -0.3 is 24.1 Å². The summed E-state index contributed by atoms with van der Waals surface area (Å²) in [6, 6.07) is 11.1. The van der Waals surface area contributed by atoms with Crippen LogP contribution in [-0.4, -0.2) is 35.4 Å². The van der Waals surface area contributed by atoms with Gasteiger partial charge in [-0.15, -0.1) is 0 Å². The van der Waals surface area contributed by atoms with E-state index in [4.69, 9.17) is 14.2 Å². The van der Waals surface area contributed by atoms with Crippen molar-refractivity contribution >= 4 is 5.91 Å². The molecule has 0 spiro atoms. The number of amides is 1. The molecule has 0 bridgehead atoms. The minimum Gasteiger partial charge on any atom is -0.492 e. The fourth-order valence-electron chi connectivity index (χ4n) is 2.85. The number of imidazole rings is 1. The molecule has 0 aliphatic carbocycles. The second kappa shape index (κ2) is 7.41.